The first kappa shape index (κ1) is 15.5. The van der Waals surface area contributed by atoms with Crippen LogP contribution >= 0.6 is 15.9 Å². The van der Waals surface area contributed by atoms with Crippen LogP contribution in [0.2, 0.25) is 0 Å². The minimum absolute atomic E-state index is 0.0170. The van der Waals surface area contributed by atoms with Crippen LogP contribution in [-0.2, 0) is 0 Å². The normalized spacial score (nSPS) is 18.1. The molecule has 1 aromatic rings. The van der Waals surface area contributed by atoms with Crippen molar-refractivity contribution in [1.29, 1.82) is 0 Å². The van der Waals surface area contributed by atoms with Crippen molar-refractivity contribution in [2.75, 3.05) is 19.7 Å². The molecule has 1 aliphatic rings. The van der Waals surface area contributed by atoms with Gasteiger partial charge in [0, 0.05) is 29.7 Å². The minimum atomic E-state index is 0.0170. The van der Waals surface area contributed by atoms with Crippen molar-refractivity contribution >= 4 is 21.8 Å². The average Bonchev–Trinajstić information content (AvgIpc) is 2.49. The van der Waals surface area contributed by atoms with Crippen LogP contribution in [0.4, 0.5) is 0 Å². The van der Waals surface area contributed by atoms with Gasteiger partial charge in [0.25, 0.3) is 5.91 Å². The molecule has 0 unspecified atom stereocenters. The molecule has 20 heavy (non-hydrogen) atoms. The molecule has 0 bridgehead atoms. The second-order valence-corrected chi connectivity index (χ2v) is 6.57. The molecule has 0 spiro atoms. The number of halogens is 1. The van der Waals surface area contributed by atoms with E-state index in [1.165, 1.54) is 0 Å². The van der Waals surface area contributed by atoms with E-state index in [9.17, 15) is 9.90 Å². The van der Waals surface area contributed by atoms with Crippen LogP contribution < -0.4 is 0 Å². The number of hydrogen-bond donors (Lipinski definition) is 1. The number of aliphatic hydroxyl groups excluding tert-OH is 1. The summed E-state index contributed by atoms with van der Waals surface area (Å²) in [6.07, 6.45) is 2.75. The van der Waals surface area contributed by atoms with Crippen molar-refractivity contribution in [3.63, 3.8) is 0 Å². The van der Waals surface area contributed by atoms with Gasteiger partial charge < -0.3 is 10.0 Å². The zero-order valence-corrected chi connectivity index (χ0v) is 13.7. The number of hydrogen-bond acceptors (Lipinski definition) is 2. The van der Waals surface area contributed by atoms with E-state index in [4.69, 9.17) is 0 Å². The largest absolute Gasteiger partial charge is 0.396 e. The number of likely N-dealkylation sites (tertiary alicyclic amines) is 1. The fourth-order valence-corrected chi connectivity index (χ4v) is 3.18. The molecule has 1 amide bonds. The first-order chi connectivity index (χ1) is 9.53. The Kier molecular flexibility index (Phi) is 4.86. The molecule has 4 heteroatoms. The molecule has 2 rings (SSSR count). The van der Waals surface area contributed by atoms with E-state index in [2.05, 4.69) is 22.9 Å². The smallest absolute Gasteiger partial charge is 0.254 e. The molecule has 3 nitrogen and oxygen atoms in total. The van der Waals surface area contributed by atoms with Crippen molar-refractivity contribution < 1.29 is 9.90 Å². The Morgan fingerprint density at radius 1 is 1.40 bits per heavy atom. The lowest BCUT2D eigenvalue weighted by Crippen LogP contribution is -2.44. The molecule has 110 valence electrons. The number of carbonyl (C=O) groups is 1. The van der Waals surface area contributed by atoms with Crippen LogP contribution in [0.15, 0.2) is 22.7 Å². The second-order valence-electron chi connectivity index (χ2n) is 5.72. The van der Waals surface area contributed by atoms with Gasteiger partial charge in [0.15, 0.2) is 0 Å². The Labute approximate surface area is 129 Å². The Morgan fingerprint density at radius 3 is 2.60 bits per heavy atom. The molecule has 1 heterocycles. The summed E-state index contributed by atoms with van der Waals surface area (Å²) in [6.45, 7) is 5.78. The molecule has 0 aliphatic carbocycles. The number of rotatable bonds is 3. The van der Waals surface area contributed by atoms with Gasteiger partial charge >= 0.3 is 0 Å². The zero-order chi connectivity index (χ0) is 14.8. The lowest BCUT2D eigenvalue weighted by atomic mass is 9.77. The Balaban J connectivity index is 2.11. The van der Waals surface area contributed by atoms with Gasteiger partial charge in [-0.2, -0.15) is 0 Å². The summed E-state index contributed by atoms with van der Waals surface area (Å²) in [5.41, 5.74) is 1.78. The molecule has 0 atom stereocenters. The fraction of sp³-hybridized carbons (Fsp3) is 0.562. The van der Waals surface area contributed by atoms with Crippen LogP contribution in [0.1, 0.15) is 42.1 Å². The van der Waals surface area contributed by atoms with E-state index >= 15 is 0 Å². The highest BCUT2D eigenvalue weighted by molar-refractivity contribution is 9.10. The van der Waals surface area contributed by atoms with E-state index in [0.29, 0.717) is 0 Å². The SMILES string of the molecule is CCC1(CO)CCN(C(=O)c2cccc(Br)c2C)CC1. The van der Waals surface area contributed by atoms with Gasteiger partial charge in [0.05, 0.1) is 0 Å². The third kappa shape index (κ3) is 2.91. The molecule has 1 aliphatic heterocycles. The third-order valence-electron chi connectivity index (χ3n) is 4.69. The van der Waals surface area contributed by atoms with E-state index in [1.54, 1.807) is 0 Å². The summed E-state index contributed by atoms with van der Waals surface area (Å²) in [5.74, 6) is 0.103. The summed E-state index contributed by atoms with van der Waals surface area (Å²) in [4.78, 5) is 14.5. The molecular formula is C16H22BrNO2. The van der Waals surface area contributed by atoms with Crippen LogP contribution in [0.3, 0.4) is 0 Å². The van der Waals surface area contributed by atoms with Gasteiger partial charge in [-0.25, -0.2) is 0 Å². The van der Waals surface area contributed by atoms with Gasteiger partial charge in [0.1, 0.15) is 0 Å². The van der Waals surface area contributed by atoms with Gasteiger partial charge in [-0.15, -0.1) is 0 Å². The number of carbonyl (C=O) groups excluding carboxylic acids is 1. The van der Waals surface area contributed by atoms with Crippen molar-refractivity contribution in [3.8, 4) is 0 Å². The van der Waals surface area contributed by atoms with Crippen molar-refractivity contribution in [3.05, 3.63) is 33.8 Å². The van der Waals surface area contributed by atoms with Gasteiger partial charge in [0.2, 0.25) is 0 Å². The van der Waals surface area contributed by atoms with Gasteiger partial charge in [-0.05, 0) is 49.3 Å². The summed E-state index contributed by atoms with van der Waals surface area (Å²) in [7, 11) is 0. The fourth-order valence-electron chi connectivity index (χ4n) is 2.82. The molecule has 0 radical (unpaired) electrons. The highest BCUT2D eigenvalue weighted by Gasteiger charge is 2.34. The Bertz CT molecular complexity index is 487. The predicted molar refractivity (Wildman–Crippen MR) is 83.8 cm³/mol. The highest BCUT2D eigenvalue weighted by atomic mass is 79.9. The zero-order valence-electron chi connectivity index (χ0n) is 12.2. The summed E-state index contributed by atoms with van der Waals surface area (Å²) >= 11 is 3.48. The lowest BCUT2D eigenvalue weighted by molar-refractivity contribution is 0.0337. The molecular weight excluding hydrogens is 318 g/mol. The van der Waals surface area contributed by atoms with Crippen molar-refractivity contribution in [2.24, 2.45) is 5.41 Å². The number of piperidine rings is 1. The number of nitrogens with zero attached hydrogens (tertiary/aromatic N) is 1. The third-order valence-corrected chi connectivity index (χ3v) is 5.55. The van der Waals surface area contributed by atoms with Crippen LogP contribution in [0.25, 0.3) is 0 Å². The number of benzene rings is 1. The summed E-state index contributed by atoms with van der Waals surface area (Å²) in [6, 6.07) is 5.74. The quantitative estimate of drug-likeness (QED) is 0.916. The van der Waals surface area contributed by atoms with Gasteiger partial charge in [-0.3, -0.25) is 4.79 Å². The maximum absolute atomic E-state index is 12.6. The predicted octanol–water partition coefficient (Wildman–Crippen LogP) is 3.38. The van der Waals surface area contributed by atoms with Crippen LogP contribution in [-0.4, -0.2) is 35.6 Å². The van der Waals surface area contributed by atoms with Crippen LogP contribution in [0.5, 0.6) is 0 Å². The maximum atomic E-state index is 12.6. The van der Waals surface area contributed by atoms with Crippen molar-refractivity contribution in [1.82, 2.24) is 4.90 Å². The summed E-state index contributed by atoms with van der Waals surface area (Å²) < 4.78 is 0.971. The van der Waals surface area contributed by atoms with Gasteiger partial charge in [-0.1, -0.05) is 28.9 Å². The number of amides is 1. The Hall–Kier alpha value is -0.870. The van der Waals surface area contributed by atoms with E-state index in [0.717, 1.165) is 48.0 Å². The highest BCUT2D eigenvalue weighted by Crippen LogP contribution is 2.35. The Morgan fingerprint density at radius 2 is 2.05 bits per heavy atom. The molecule has 1 N–H and O–H groups in total. The van der Waals surface area contributed by atoms with E-state index in [1.807, 2.05) is 30.0 Å². The molecule has 1 aromatic carbocycles. The maximum Gasteiger partial charge on any atom is 0.254 e. The first-order valence-electron chi connectivity index (χ1n) is 7.18. The molecule has 0 aromatic heterocycles. The monoisotopic (exact) mass is 339 g/mol. The lowest BCUT2D eigenvalue weighted by Gasteiger charge is -2.40. The average molecular weight is 340 g/mol. The van der Waals surface area contributed by atoms with E-state index < -0.39 is 0 Å². The van der Waals surface area contributed by atoms with Crippen molar-refractivity contribution in [2.45, 2.75) is 33.1 Å². The van der Waals surface area contributed by atoms with Crippen LogP contribution in [0, 0.1) is 12.3 Å². The van der Waals surface area contributed by atoms with E-state index in [-0.39, 0.29) is 17.9 Å². The second kappa shape index (κ2) is 6.27. The standard InChI is InChI=1S/C16H22BrNO2/c1-3-16(11-19)7-9-18(10-8-16)15(20)13-5-4-6-14(17)12(13)2/h4-6,19H,3,7-11H2,1-2H3. The minimum Gasteiger partial charge on any atom is -0.396 e. The molecule has 1 saturated heterocycles. The topological polar surface area (TPSA) is 40.5 Å². The molecule has 0 saturated carbocycles. The first-order valence-corrected chi connectivity index (χ1v) is 7.97. The summed E-state index contributed by atoms with van der Waals surface area (Å²) in [5, 5.41) is 9.55. The molecule has 1 fully saturated rings. The number of aliphatic hydroxyl groups is 1.